The molecule has 0 spiro atoms. The van der Waals surface area contributed by atoms with Crippen LogP contribution < -0.4 is 0 Å². The highest BCUT2D eigenvalue weighted by Gasteiger charge is 2.44. The molecule has 4 rings (SSSR count). The molecular weight excluding hydrogens is 407 g/mol. The molecule has 1 aromatic heterocycles. The van der Waals surface area contributed by atoms with E-state index in [1.54, 1.807) is 12.1 Å². The molecule has 0 amide bonds. The molecule has 7 nitrogen and oxygen atoms in total. The molecule has 9 heteroatoms. The fraction of sp³-hybridized carbons (Fsp3) is 0.524. The van der Waals surface area contributed by atoms with Crippen LogP contribution in [0.2, 0.25) is 0 Å². The summed E-state index contributed by atoms with van der Waals surface area (Å²) in [5, 5.41) is 4.51. The van der Waals surface area contributed by atoms with Crippen LogP contribution in [0.15, 0.2) is 29.4 Å². The predicted molar refractivity (Wildman–Crippen MR) is 110 cm³/mol. The van der Waals surface area contributed by atoms with Crippen molar-refractivity contribution in [2.45, 2.75) is 49.6 Å². The number of likely N-dealkylation sites (tertiary alicyclic amines) is 1. The lowest BCUT2D eigenvalue weighted by Gasteiger charge is -2.38. The van der Waals surface area contributed by atoms with Crippen LogP contribution in [0.4, 0.5) is 4.39 Å². The number of nitrogens with zero attached hydrogens (tertiary/aromatic N) is 4. The average molecular weight is 433 g/mol. The van der Waals surface area contributed by atoms with Gasteiger partial charge in [0.25, 0.3) is 5.91 Å². The maximum absolute atomic E-state index is 13.5. The van der Waals surface area contributed by atoms with Crippen molar-refractivity contribution in [3.05, 3.63) is 41.5 Å². The lowest BCUT2D eigenvalue weighted by atomic mass is 9.93. The molecule has 1 fully saturated rings. The third-order valence-electron chi connectivity index (χ3n) is 5.66. The Labute approximate surface area is 179 Å². The number of hydrogen-bond donors (Lipinski definition) is 0. The lowest BCUT2D eigenvalue weighted by molar-refractivity contribution is -0.149. The molecule has 0 saturated carbocycles. The van der Waals surface area contributed by atoms with Gasteiger partial charge in [-0.3, -0.25) is 14.5 Å². The van der Waals surface area contributed by atoms with Crippen LogP contribution in [0.3, 0.4) is 0 Å². The fourth-order valence-electron chi connectivity index (χ4n) is 4.10. The molecular formula is C21H25FN4O3S. The molecule has 2 aliphatic heterocycles. The van der Waals surface area contributed by atoms with Gasteiger partial charge >= 0.3 is 5.97 Å². The Bertz CT molecular complexity index is 925. The van der Waals surface area contributed by atoms with Crippen molar-refractivity contribution in [2.24, 2.45) is 5.92 Å². The van der Waals surface area contributed by atoms with Gasteiger partial charge in [-0.25, -0.2) is 9.37 Å². The number of rotatable bonds is 6. The van der Waals surface area contributed by atoms with E-state index in [4.69, 9.17) is 4.74 Å². The van der Waals surface area contributed by atoms with E-state index in [-0.39, 0.29) is 29.7 Å². The minimum absolute atomic E-state index is 0.107. The monoisotopic (exact) mass is 432 g/mol. The zero-order valence-electron chi connectivity index (χ0n) is 17.1. The van der Waals surface area contributed by atoms with Gasteiger partial charge in [0.05, 0.1) is 18.6 Å². The second-order valence-corrected chi connectivity index (χ2v) is 8.62. The SMILES string of the molecule is CCOC(=O)C1CCN(C(c2ccc(F)cc2)C2Sc3nc(CC)nn3C2=O)CC1. The molecule has 2 aromatic rings. The Morgan fingerprint density at radius 3 is 2.57 bits per heavy atom. The van der Waals surface area contributed by atoms with Crippen LogP contribution in [0.1, 0.15) is 48.9 Å². The summed E-state index contributed by atoms with van der Waals surface area (Å²) in [6.45, 7) is 5.45. The van der Waals surface area contributed by atoms with Crippen molar-refractivity contribution < 1.29 is 18.7 Å². The third kappa shape index (κ3) is 4.00. The van der Waals surface area contributed by atoms with Gasteiger partial charge in [0.15, 0.2) is 11.0 Å². The number of fused-ring (bicyclic) bond motifs is 1. The molecule has 1 saturated heterocycles. The zero-order chi connectivity index (χ0) is 21.3. The molecule has 2 atom stereocenters. The lowest BCUT2D eigenvalue weighted by Crippen LogP contribution is -2.44. The molecule has 0 bridgehead atoms. The topological polar surface area (TPSA) is 77.3 Å². The van der Waals surface area contributed by atoms with Gasteiger partial charge in [-0.1, -0.05) is 30.8 Å². The molecule has 30 heavy (non-hydrogen) atoms. The molecule has 0 radical (unpaired) electrons. The van der Waals surface area contributed by atoms with Crippen molar-refractivity contribution in [3.8, 4) is 0 Å². The number of esters is 1. The minimum Gasteiger partial charge on any atom is -0.466 e. The van der Waals surface area contributed by atoms with Crippen molar-refractivity contribution in [3.63, 3.8) is 0 Å². The van der Waals surface area contributed by atoms with E-state index in [0.29, 0.717) is 49.9 Å². The van der Waals surface area contributed by atoms with Crippen LogP contribution in [-0.2, 0) is 16.0 Å². The average Bonchev–Trinajstić information content (AvgIpc) is 3.29. The van der Waals surface area contributed by atoms with Crippen LogP contribution in [0.25, 0.3) is 0 Å². The second kappa shape index (κ2) is 8.85. The molecule has 0 N–H and O–H groups in total. The number of carbonyl (C=O) groups is 2. The smallest absolute Gasteiger partial charge is 0.309 e. The van der Waals surface area contributed by atoms with Crippen LogP contribution in [0.5, 0.6) is 0 Å². The number of benzene rings is 1. The standard InChI is InChI=1S/C21H25FN4O3S/c1-3-16-23-21-26(24-16)19(27)18(30-21)17(13-5-7-15(22)8-6-13)25-11-9-14(10-12-25)20(28)29-4-2/h5-8,14,17-18H,3-4,9-12H2,1-2H3. The molecule has 0 aliphatic carbocycles. The highest BCUT2D eigenvalue weighted by atomic mass is 32.2. The Hall–Kier alpha value is -2.26. The maximum atomic E-state index is 13.5. The largest absolute Gasteiger partial charge is 0.466 e. The van der Waals surface area contributed by atoms with Crippen LogP contribution in [-0.4, -0.2) is 56.5 Å². The van der Waals surface area contributed by atoms with E-state index >= 15 is 0 Å². The van der Waals surface area contributed by atoms with E-state index in [1.165, 1.54) is 28.6 Å². The van der Waals surface area contributed by atoms with E-state index in [0.717, 1.165) is 5.56 Å². The van der Waals surface area contributed by atoms with E-state index in [2.05, 4.69) is 15.0 Å². The van der Waals surface area contributed by atoms with E-state index in [9.17, 15) is 14.0 Å². The summed E-state index contributed by atoms with van der Waals surface area (Å²) in [4.78, 5) is 31.9. The quantitative estimate of drug-likeness (QED) is 0.649. The normalized spacial score (nSPS) is 20.9. The van der Waals surface area contributed by atoms with Gasteiger partial charge in [0.1, 0.15) is 11.1 Å². The van der Waals surface area contributed by atoms with Crippen LogP contribution >= 0.6 is 11.8 Å². The number of hydrogen-bond acceptors (Lipinski definition) is 7. The fourth-order valence-corrected chi connectivity index (χ4v) is 5.38. The summed E-state index contributed by atoms with van der Waals surface area (Å²) in [5.41, 5.74) is 0.873. The first-order valence-corrected chi connectivity index (χ1v) is 11.2. The van der Waals surface area contributed by atoms with Crippen molar-refractivity contribution >= 4 is 23.6 Å². The summed E-state index contributed by atoms with van der Waals surface area (Å²) in [6.07, 6.45) is 2.01. The number of halogens is 1. The summed E-state index contributed by atoms with van der Waals surface area (Å²) >= 11 is 1.41. The number of thioether (sulfide) groups is 1. The highest BCUT2D eigenvalue weighted by Crippen LogP contribution is 2.42. The predicted octanol–water partition coefficient (Wildman–Crippen LogP) is 3.11. The second-order valence-electron chi connectivity index (χ2n) is 7.51. The van der Waals surface area contributed by atoms with Crippen molar-refractivity contribution in [2.75, 3.05) is 19.7 Å². The minimum atomic E-state index is -0.421. The first-order chi connectivity index (χ1) is 14.5. The van der Waals surface area contributed by atoms with Crippen LogP contribution in [0, 0.1) is 11.7 Å². The van der Waals surface area contributed by atoms with Gasteiger partial charge in [-0.05, 0) is 50.6 Å². The van der Waals surface area contributed by atoms with Gasteiger partial charge in [0, 0.05) is 6.42 Å². The number of ether oxygens (including phenoxy) is 1. The van der Waals surface area contributed by atoms with Crippen molar-refractivity contribution in [1.29, 1.82) is 0 Å². The van der Waals surface area contributed by atoms with E-state index in [1.807, 2.05) is 13.8 Å². The number of aromatic nitrogens is 3. The Morgan fingerprint density at radius 1 is 1.27 bits per heavy atom. The van der Waals surface area contributed by atoms with Gasteiger partial charge in [0.2, 0.25) is 0 Å². The number of carbonyl (C=O) groups excluding carboxylic acids is 2. The first-order valence-electron chi connectivity index (χ1n) is 10.3. The van der Waals surface area contributed by atoms with E-state index < -0.39 is 5.25 Å². The summed E-state index contributed by atoms with van der Waals surface area (Å²) < 4.78 is 20.1. The molecule has 1 aromatic carbocycles. The number of piperidine rings is 1. The van der Waals surface area contributed by atoms with Crippen molar-refractivity contribution in [1.82, 2.24) is 19.7 Å². The number of aryl methyl sites for hydroxylation is 1. The molecule has 2 unspecified atom stereocenters. The Kier molecular flexibility index (Phi) is 6.19. The molecule has 3 heterocycles. The van der Waals surface area contributed by atoms with Gasteiger partial charge < -0.3 is 4.74 Å². The summed E-state index contributed by atoms with van der Waals surface area (Å²) in [7, 11) is 0. The summed E-state index contributed by atoms with van der Waals surface area (Å²) in [5.74, 6) is -0.0440. The third-order valence-corrected chi connectivity index (χ3v) is 6.85. The first kappa shape index (κ1) is 21.0. The maximum Gasteiger partial charge on any atom is 0.309 e. The molecule has 160 valence electrons. The van der Waals surface area contributed by atoms with Gasteiger partial charge in [-0.15, -0.1) is 5.10 Å². The Balaban J connectivity index is 1.57. The highest BCUT2D eigenvalue weighted by molar-refractivity contribution is 8.00. The summed E-state index contributed by atoms with van der Waals surface area (Å²) in [6, 6.07) is 6.06. The Morgan fingerprint density at radius 2 is 1.97 bits per heavy atom. The molecule has 2 aliphatic rings. The van der Waals surface area contributed by atoms with Gasteiger partial charge in [-0.2, -0.15) is 4.68 Å². The zero-order valence-corrected chi connectivity index (χ0v) is 17.9.